The molecule has 1 saturated heterocycles. The number of carbonyl (C=O) groups excluding carboxylic acids is 1. The second-order valence-electron chi connectivity index (χ2n) is 9.39. The highest BCUT2D eigenvalue weighted by Crippen LogP contribution is 2.39. The molecule has 1 fully saturated rings. The number of amides is 1. The number of ether oxygens (including phenoxy) is 1. The van der Waals surface area contributed by atoms with E-state index in [-0.39, 0.29) is 17.6 Å². The Kier molecular flexibility index (Phi) is 6.88. The predicted octanol–water partition coefficient (Wildman–Crippen LogP) is 5.38. The fraction of sp³-hybridized carbons (Fsp3) is 0.571. The molecule has 1 aromatic carbocycles. The third-order valence-electron chi connectivity index (χ3n) is 5.05. The number of alkyl carbamates (subject to hydrolysis) is 1. The molecule has 5 nitrogen and oxygen atoms in total. The van der Waals surface area contributed by atoms with E-state index in [1.807, 2.05) is 0 Å². The highest BCUT2D eigenvalue weighted by molar-refractivity contribution is 6.56. The van der Waals surface area contributed by atoms with Crippen molar-refractivity contribution in [1.29, 1.82) is 0 Å². The average molecular weight is 445 g/mol. The largest absolute Gasteiger partial charge is 0.492 e. The van der Waals surface area contributed by atoms with Crippen molar-refractivity contribution in [2.24, 2.45) is 0 Å². The molecule has 0 atom stereocenters. The SMILES string of the molecule is CC(C)(C)OC(=O)NCC(=Cc1ccc(F)cc1C(F)(F)F)B1OC(C)(C)C(C)(C)O1. The van der Waals surface area contributed by atoms with Gasteiger partial charge in [-0.15, -0.1) is 0 Å². The maximum Gasteiger partial charge on any atom is 0.492 e. The van der Waals surface area contributed by atoms with Gasteiger partial charge in [0.15, 0.2) is 0 Å². The Morgan fingerprint density at radius 3 is 2.16 bits per heavy atom. The number of hydrogen-bond donors (Lipinski definition) is 1. The minimum Gasteiger partial charge on any atom is -0.444 e. The zero-order valence-electron chi connectivity index (χ0n) is 18.7. The van der Waals surface area contributed by atoms with E-state index in [0.29, 0.717) is 6.07 Å². The van der Waals surface area contributed by atoms with E-state index < -0.39 is 47.6 Å². The second kappa shape index (κ2) is 8.46. The van der Waals surface area contributed by atoms with Crippen LogP contribution in [0.4, 0.5) is 22.4 Å². The van der Waals surface area contributed by atoms with E-state index in [1.165, 1.54) is 6.08 Å². The Labute approximate surface area is 180 Å². The maximum absolute atomic E-state index is 13.5. The summed E-state index contributed by atoms with van der Waals surface area (Å²) in [5.41, 5.74) is -3.44. The first-order chi connectivity index (χ1) is 13.9. The Morgan fingerprint density at radius 2 is 1.68 bits per heavy atom. The molecule has 1 aliphatic heterocycles. The van der Waals surface area contributed by atoms with E-state index in [0.717, 1.165) is 12.1 Å². The molecule has 31 heavy (non-hydrogen) atoms. The quantitative estimate of drug-likeness (QED) is 0.499. The number of benzene rings is 1. The van der Waals surface area contributed by atoms with E-state index in [9.17, 15) is 22.4 Å². The van der Waals surface area contributed by atoms with Crippen LogP contribution in [0.3, 0.4) is 0 Å². The topological polar surface area (TPSA) is 56.8 Å². The normalized spacial score (nSPS) is 18.8. The minimum atomic E-state index is -4.77. The van der Waals surface area contributed by atoms with Gasteiger partial charge in [0.25, 0.3) is 0 Å². The van der Waals surface area contributed by atoms with Crippen LogP contribution in [0.15, 0.2) is 23.7 Å². The van der Waals surface area contributed by atoms with Gasteiger partial charge in [-0.05, 0) is 71.6 Å². The van der Waals surface area contributed by atoms with Crippen molar-refractivity contribution in [1.82, 2.24) is 5.32 Å². The van der Waals surface area contributed by atoms with Crippen LogP contribution >= 0.6 is 0 Å². The van der Waals surface area contributed by atoms with Crippen molar-refractivity contribution in [3.8, 4) is 0 Å². The Hall–Kier alpha value is -2.07. The molecule has 0 spiro atoms. The first-order valence-corrected chi connectivity index (χ1v) is 9.81. The molecule has 0 saturated carbocycles. The van der Waals surface area contributed by atoms with Crippen molar-refractivity contribution in [3.05, 3.63) is 40.6 Å². The van der Waals surface area contributed by atoms with Gasteiger partial charge in [0.1, 0.15) is 11.4 Å². The summed E-state index contributed by atoms with van der Waals surface area (Å²) in [6.45, 7) is 12.1. The highest BCUT2D eigenvalue weighted by atomic mass is 19.4. The number of rotatable bonds is 4. The molecule has 0 aliphatic carbocycles. The van der Waals surface area contributed by atoms with Crippen LogP contribution in [0, 0.1) is 5.82 Å². The number of carbonyl (C=O) groups is 1. The third kappa shape index (κ3) is 6.46. The lowest BCUT2D eigenvalue weighted by Gasteiger charge is -2.32. The summed E-state index contributed by atoms with van der Waals surface area (Å²) >= 11 is 0. The molecule has 10 heteroatoms. The monoisotopic (exact) mass is 445 g/mol. The molecule has 1 N–H and O–H groups in total. The molecule has 1 heterocycles. The molecule has 0 aromatic heterocycles. The minimum absolute atomic E-state index is 0.194. The molecule has 1 aliphatic rings. The van der Waals surface area contributed by atoms with Crippen LogP contribution in [-0.4, -0.2) is 36.6 Å². The van der Waals surface area contributed by atoms with Crippen molar-refractivity contribution in [2.45, 2.75) is 71.4 Å². The molecular formula is C21H28BF4NO4. The molecular weight excluding hydrogens is 417 g/mol. The van der Waals surface area contributed by atoms with E-state index in [2.05, 4.69) is 5.32 Å². The van der Waals surface area contributed by atoms with Gasteiger partial charge in [-0.2, -0.15) is 13.2 Å². The molecule has 0 unspecified atom stereocenters. The van der Waals surface area contributed by atoms with Crippen LogP contribution < -0.4 is 5.32 Å². The average Bonchev–Trinajstić information content (AvgIpc) is 2.77. The van der Waals surface area contributed by atoms with Crippen LogP contribution in [-0.2, 0) is 20.2 Å². The zero-order valence-corrected chi connectivity index (χ0v) is 18.7. The van der Waals surface area contributed by atoms with Crippen molar-refractivity contribution < 1.29 is 36.4 Å². The lowest BCUT2D eigenvalue weighted by atomic mass is 9.76. The van der Waals surface area contributed by atoms with Gasteiger partial charge < -0.3 is 19.4 Å². The number of hydrogen-bond acceptors (Lipinski definition) is 4. The Bertz CT molecular complexity index is 844. The summed E-state index contributed by atoms with van der Waals surface area (Å²) in [5.74, 6) is -1.01. The fourth-order valence-electron chi connectivity index (χ4n) is 2.78. The summed E-state index contributed by atoms with van der Waals surface area (Å²) in [6.07, 6.45) is -4.32. The maximum atomic E-state index is 13.5. The van der Waals surface area contributed by atoms with Crippen LogP contribution in [0.2, 0.25) is 0 Å². The van der Waals surface area contributed by atoms with E-state index >= 15 is 0 Å². The molecule has 1 amide bonds. The van der Waals surface area contributed by atoms with E-state index in [1.54, 1.807) is 48.5 Å². The van der Waals surface area contributed by atoms with Crippen molar-refractivity contribution in [2.75, 3.05) is 6.54 Å². The first kappa shape index (κ1) is 25.2. The smallest absolute Gasteiger partial charge is 0.444 e. The molecule has 1 aromatic rings. The molecule has 0 radical (unpaired) electrons. The Balaban J connectivity index is 2.43. The summed E-state index contributed by atoms with van der Waals surface area (Å²) in [5, 5.41) is 2.52. The summed E-state index contributed by atoms with van der Waals surface area (Å²) in [4.78, 5) is 12.1. The van der Waals surface area contributed by atoms with Crippen molar-refractivity contribution >= 4 is 19.3 Å². The van der Waals surface area contributed by atoms with Gasteiger partial charge in [-0.1, -0.05) is 12.1 Å². The van der Waals surface area contributed by atoms with Gasteiger partial charge in [0, 0.05) is 6.54 Å². The standard InChI is InChI=1S/C21H28BF4NO4/c1-18(2,3)29-17(28)27-12-14(22-30-19(4,5)20(6,7)31-22)10-13-8-9-15(23)11-16(13)21(24,25)26/h8-11H,12H2,1-7H3,(H,27,28). The van der Waals surface area contributed by atoms with Gasteiger partial charge in [0.2, 0.25) is 0 Å². The summed E-state index contributed by atoms with van der Waals surface area (Å²) in [6, 6.07) is 2.39. The van der Waals surface area contributed by atoms with E-state index in [4.69, 9.17) is 14.0 Å². The van der Waals surface area contributed by atoms with Gasteiger partial charge >= 0.3 is 19.4 Å². The number of halogens is 4. The third-order valence-corrected chi connectivity index (χ3v) is 5.05. The van der Waals surface area contributed by atoms with Crippen LogP contribution in [0.25, 0.3) is 6.08 Å². The van der Waals surface area contributed by atoms with Crippen LogP contribution in [0.1, 0.15) is 59.6 Å². The first-order valence-electron chi connectivity index (χ1n) is 9.81. The second-order valence-corrected chi connectivity index (χ2v) is 9.39. The highest BCUT2D eigenvalue weighted by Gasteiger charge is 2.52. The lowest BCUT2D eigenvalue weighted by molar-refractivity contribution is -0.137. The molecule has 172 valence electrons. The number of alkyl halides is 3. The summed E-state index contributed by atoms with van der Waals surface area (Å²) in [7, 11) is -1.02. The Morgan fingerprint density at radius 1 is 1.13 bits per heavy atom. The van der Waals surface area contributed by atoms with Gasteiger partial charge in [-0.3, -0.25) is 0 Å². The van der Waals surface area contributed by atoms with Crippen molar-refractivity contribution in [3.63, 3.8) is 0 Å². The van der Waals surface area contributed by atoms with Crippen LogP contribution in [0.5, 0.6) is 0 Å². The zero-order chi connectivity index (χ0) is 23.8. The lowest BCUT2D eigenvalue weighted by Crippen LogP contribution is -2.41. The summed E-state index contributed by atoms with van der Waals surface area (Å²) < 4.78 is 70.9. The van der Waals surface area contributed by atoms with Gasteiger partial charge in [-0.25, -0.2) is 9.18 Å². The predicted molar refractivity (Wildman–Crippen MR) is 110 cm³/mol. The number of nitrogens with one attached hydrogen (secondary N) is 1. The molecule has 2 rings (SSSR count). The molecule has 0 bridgehead atoms. The fourth-order valence-corrected chi connectivity index (χ4v) is 2.78. The van der Waals surface area contributed by atoms with Gasteiger partial charge in [0.05, 0.1) is 16.8 Å².